The SMILES string of the molecule is CC(C)(C)NCc1ccn(Cc2ccccc2C#N)c1. The number of nitrogens with one attached hydrogen (secondary N) is 1. The summed E-state index contributed by atoms with van der Waals surface area (Å²) in [6, 6.07) is 12.1. The number of nitriles is 1. The molecule has 0 aliphatic rings. The molecule has 1 heterocycles. The lowest BCUT2D eigenvalue weighted by molar-refractivity contribution is 0.424. The summed E-state index contributed by atoms with van der Waals surface area (Å²) in [6.45, 7) is 8.07. The highest BCUT2D eigenvalue weighted by Gasteiger charge is 2.09. The van der Waals surface area contributed by atoms with Crippen LogP contribution in [0, 0.1) is 11.3 Å². The lowest BCUT2D eigenvalue weighted by Gasteiger charge is -2.19. The predicted octanol–water partition coefficient (Wildman–Crippen LogP) is 3.30. The summed E-state index contributed by atoms with van der Waals surface area (Å²) in [4.78, 5) is 0. The molecule has 0 atom stereocenters. The van der Waals surface area contributed by atoms with Crippen LogP contribution in [-0.4, -0.2) is 10.1 Å². The molecule has 0 unspecified atom stereocenters. The van der Waals surface area contributed by atoms with Crippen LogP contribution in [-0.2, 0) is 13.1 Å². The van der Waals surface area contributed by atoms with Gasteiger partial charge < -0.3 is 9.88 Å². The van der Waals surface area contributed by atoms with Gasteiger partial charge in [-0.25, -0.2) is 0 Å². The summed E-state index contributed by atoms with van der Waals surface area (Å²) < 4.78 is 2.12. The summed E-state index contributed by atoms with van der Waals surface area (Å²) in [5, 5.41) is 12.6. The summed E-state index contributed by atoms with van der Waals surface area (Å²) in [6.07, 6.45) is 4.20. The second-order valence-electron chi connectivity index (χ2n) is 6.06. The third kappa shape index (κ3) is 3.97. The predicted molar refractivity (Wildman–Crippen MR) is 81.3 cm³/mol. The van der Waals surface area contributed by atoms with Gasteiger partial charge in [0.05, 0.1) is 11.6 Å². The van der Waals surface area contributed by atoms with Crippen LogP contribution in [0.3, 0.4) is 0 Å². The number of nitrogens with zero attached hydrogens (tertiary/aromatic N) is 2. The molecule has 1 aromatic heterocycles. The molecule has 2 rings (SSSR count). The fourth-order valence-electron chi connectivity index (χ4n) is 2.02. The van der Waals surface area contributed by atoms with Gasteiger partial charge in [0.1, 0.15) is 0 Å². The van der Waals surface area contributed by atoms with E-state index in [1.165, 1.54) is 5.56 Å². The topological polar surface area (TPSA) is 40.8 Å². The van der Waals surface area contributed by atoms with Gasteiger partial charge in [0.15, 0.2) is 0 Å². The minimum absolute atomic E-state index is 0.121. The lowest BCUT2D eigenvalue weighted by Crippen LogP contribution is -2.34. The highest BCUT2D eigenvalue weighted by Crippen LogP contribution is 2.11. The Bertz CT molecular complexity index is 612. The number of aromatic nitrogens is 1. The molecule has 3 heteroatoms. The van der Waals surface area contributed by atoms with Crippen LogP contribution in [0.5, 0.6) is 0 Å². The number of hydrogen-bond acceptors (Lipinski definition) is 2. The second-order valence-corrected chi connectivity index (χ2v) is 6.06. The van der Waals surface area contributed by atoms with E-state index in [4.69, 9.17) is 5.26 Å². The second kappa shape index (κ2) is 5.94. The van der Waals surface area contributed by atoms with Gasteiger partial charge >= 0.3 is 0 Å². The Balaban J connectivity index is 2.05. The Morgan fingerprint density at radius 1 is 1.20 bits per heavy atom. The van der Waals surface area contributed by atoms with Gasteiger partial charge in [0, 0.05) is 31.0 Å². The van der Waals surface area contributed by atoms with Crippen molar-refractivity contribution in [2.75, 3.05) is 0 Å². The summed E-state index contributed by atoms with van der Waals surface area (Å²) in [5.41, 5.74) is 3.18. The van der Waals surface area contributed by atoms with Crippen LogP contribution in [0.25, 0.3) is 0 Å². The van der Waals surface area contributed by atoms with E-state index in [1.54, 1.807) is 0 Å². The monoisotopic (exact) mass is 267 g/mol. The minimum Gasteiger partial charge on any atom is -0.350 e. The first-order valence-electron chi connectivity index (χ1n) is 6.85. The van der Waals surface area contributed by atoms with Crippen LogP contribution in [0.4, 0.5) is 0 Å². The summed E-state index contributed by atoms with van der Waals surface area (Å²) in [5.74, 6) is 0. The van der Waals surface area contributed by atoms with E-state index in [0.29, 0.717) is 0 Å². The lowest BCUT2D eigenvalue weighted by atomic mass is 10.1. The Morgan fingerprint density at radius 2 is 1.95 bits per heavy atom. The molecule has 104 valence electrons. The minimum atomic E-state index is 0.121. The molecule has 2 aromatic rings. The average molecular weight is 267 g/mol. The van der Waals surface area contributed by atoms with Gasteiger partial charge in [-0.2, -0.15) is 5.26 Å². The molecule has 0 radical (unpaired) electrons. The molecule has 0 saturated carbocycles. The van der Waals surface area contributed by atoms with Gasteiger partial charge in [-0.3, -0.25) is 0 Å². The van der Waals surface area contributed by atoms with E-state index in [0.717, 1.165) is 24.2 Å². The van der Waals surface area contributed by atoms with Crippen molar-refractivity contribution < 1.29 is 0 Å². The summed E-state index contributed by atoms with van der Waals surface area (Å²) in [7, 11) is 0. The number of hydrogen-bond donors (Lipinski definition) is 1. The van der Waals surface area contributed by atoms with Gasteiger partial charge in [0.25, 0.3) is 0 Å². The largest absolute Gasteiger partial charge is 0.350 e. The van der Waals surface area contributed by atoms with Gasteiger partial charge in [-0.15, -0.1) is 0 Å². The Morgan fingerprint density at radius 3 is 2.65 bits per heavy atom. The standard InChI is InChI=1S/C17H21N3/c1-17(2,3)19-11-14-8-9-20(12-14)13-16-7-5-4-6-15(16)10-18/h4-9,12,19H,11,13H2,1-3H3. The maximum Gasteiger partial charge on any atom is 0.0995 e. The first-order chi connectivity index (χ1) is 9.48. The smallest absolute Gasteiger partial charge is 0.0995 e. The first kappa shape index (κ1) is 14.4. The van der Waals surface area contributed by atoms with Crippen molar-refractivity contribution in [3.63, 3.8) is 0 Å². The highest BCUT2D eigenvalue weighted by molar-refractivity contribution is 5.37. The zero-order valence-corrected chi connectivity index (χ0v) is 12.4. The zero-order chi connectivity index (χ0) is 14.6. The van der Waals surface area contributed by atoms with E-state index in [2.05, 4.69) is 55.2 Å². The maximum atomic E-state index is 9.11. The Kier molecular flexibility index (Phi) is 4.26. The first-order valence-corrected chi connectivity index (χ1v) is 6.85. The van der Waals surface area contributed by atoms with E-state index >= 15 is 0 Å². The van der Waals surface area contributed by atoms with Crippen LogP contribution in [0.2, 0.25) is 0 Å². The van der Waals surface area contributed by atoms with Crippen molar-refractivity contribution in [3.8, 4) is 6.07 Å². The molecule has 0 fully saturated rings. The molecule has 0 saturated heterocycles. The molecule has 0 bridgehead atoms. The van der Waals surface area contributed by atoms with Gasteiger partial charge in [-0.05, 0) is 44.0 Å². The number of benzene rings is 1. The van der Waals surface area contributed by atoms with Gasteiger partial charge in [0.2, 0.25) is 0 Å². The third-order valence-electron chi connectivity index (χ3n) is 3.13. The van der Waals surface area contributed by atoms with Crippen molar-refractivity contribution in [2.45, 2.75) is 39.4 Å². The van der Waals surface area contributed by atoms with Crippen molar-refractivity contribution >= 4 is 0 Å². The van der Waals surface area contributed by atoms with E-state index in [1.807, 2.05) is 24.3 Å². The fraction of sp³-hybridized carbons (Fsp3) is 0.353. The summed E-state index contributed by atoms with van der Waals surface area (Å²) >= 11 is 0. The van der Waals surface area contributed by atoms with Crippen LogP contribution in [0.15, 0.2) is 42.7 Å². The number of rotatable bonds is 4. The third-order valence-corrected chi connectivity index (χ3v) is 3.13. The molecule has 0 aliphatic carbocycles. The molecule has 3 nitrogen and oxygen atoms in total. The molecular weight excluding hydrogens is 246 g/mol. The normalized spacial score (nSPS) is 11.3. The fourth-order valence-corrected chi connectivity index (χ4v) is 2.02. The Hall–Kier alpha value is -2.05. The molecular formula is C17H21N3. The van der Waals surface area contributed by atoms with E-state index < -0.39 is 0 Å². The van der Waals surface area contributed by atoms with Gasteiger partial charge in [-0.1, -0.05) is 18.2 Å². The average Bonchev–Trinajstić information content (AvgIpc) is 2.84. The Labute approximate surface area is 120 Å². The molecule has 1 N–H and O–H groups in total. The van der Waals surface area contributed by atoms with Crippen molar-refractivity contribution in [2.24, 2.45) is 0 Å². The van der Waals surface area contributed by atoms with E-state index in [9.17, 15) is 0 Å². The molecule has 0 aliphatic heterocycles. The van der Waals surface area contributed by atoms with Crippen LogP contribution >= 0.6 is 0 Å². The molecule has 0 spiro atoms. The highest BCUT2D eigenvalue weighted by atomic mass is 15.0. The molecule has 1 aromatic carbocycles. The van der Waals surface area contributed by atoms with E-state index in [-0.39, 0.29) is 5.54 Å². The van der Waals surface area contributed by atoms with Crippen molar-refractivity contribution in [1.29, 1.82) is 5.26 Å². The van der Waals surface area contributed by atoms with Crippen LogP contribution < -0.4 is 5.32 Å². The molecule has 20 heavy (non-hydrogen) atoms. The van der Waals surface area contributed by atoms with Crippen LogP contribution in [0.1, 0.15) is 37.5 Å². The zero-order valence-electron chi connectivity index (χ0n) is 12.4. The van der Waals surface area contributed by atoms with Crippen molar-refractivity contribution in [1.82, 2.24) is 9.88 Å². The van der Waals surface area contributed by atoms with Crippen molar-refractivity contribution in [3.05, 3.63) is 59.4 Å². The molecule has 0 amide bonds. The maximum absolute atomic E-state index is 9.11. The quantitative estimate of drug-likeness (QED) is 0.923.